The van der Waals surface area contributed by atoms with Crippen LogP contribution in [0, 0.1) is 0 Å². The van der Waals surface area contributed by atoms with Gasteiger partial charge < -0.3 is 18.9 Å². The number of hydrogen-bond donors (Lipinski definition) is 0. The Labute approximate surface area is 115 Å². The molecule has 1 aromatic carbocycles. The van der Waals surface area contributed by atoms with Gasteiger partial charge in [0.05, 0.1) is 19.3 Å². The van der Waals surface area contributed by atoms with Gasteiger partial charge in [0.15, 0.2) is 11.5 Å². The predicted octanol–water partition coefficient (Wildman–Crippen LogP) is 2.49. The molecular weight excluding hydrogens is 274 g/mol. The minimum atomic E-state index is -2.99. The molecule has 112 valence electrons. The number of carbonyl (C=O) groups excluding carboxylic acids is 1. The molecule has 1 aromatic rings. The summed E-state index contributed by atoms with van der Waals surface area (Å²) >= 11 is 0. The van der Waals surface area contributed by atoms with E-state index >= 15 is 0 Å². The van der Waals surface area contributed by atoms with Crippen LogP contribution in [-0.2, 0) is 9.47 Å². The number of benzene rings is 1. The van der Waals surface area contributed by atoms with E-state index in [0.717, 1.165) is 0 Å². The zero-order valence-electron chi connectivity index (χ0n) is 11.4. The summed E-state index contributed by atoms with van der Waals surface area (Å²) in [6.45, 7) is -1.03. The maximum atomic E-state index is 12.3. The molecule has 0 fully saturated rings. The van der Waals surface area contributed by atoms with Gasteiger partial charge in [-0.15, -0.1) is 0 Å². The molecule has 0 amide bonds. The topological polar surface area (TPSA) is 54.0 Å². The highest BCUT2D eigenvalue weighted by Gasteiger charge is 2.16. The largest absolute Gasteiger partial charge is 0.484 e. The molecule has 0 aliphatic carbocycles. The van der Waals surface area contributed by atoms with Crippen LogP contribution in [0.25, 0.3) is 0 Å². The fourth-order valence-corrected chi connectivity index (χ4v) is 1.52. The molecule has 1 atom stereocenters. The third-order valence-electron chi connectivity index (χ3n) is 2.31. The average Bonchev–Trinajstić information content (AvgIpc) is 2.39. The Hall–Kier alpha value is -1.89. The minimum absolute atomic E-state index is 0.0257. The third-order valence-corrected chi connectivity index (χ3v) is 2.31. The Balaban J connectivity index is 3.02. The summed E-state index contributed by atoms with van der Waals surface area (Å²) in [5, 5.41) is 0. The molecular formula is C13H16F2O5. The second-order valence-electron chi connectivity index (χ2n) is 3.92. The number of hydrogen-bond acceptors (Lipinski definition) is 5. The number of esters is 1. The van der Waals surface area contributed by atoms with E-state index in [-0.39, 0.29) is 23.7 Å². The number of rotatable bonds is 7. The summed E-state index contributed by atoms with van der Waals surface area (Å²) in [7, 11) is 2.71. The summed E-state index contributed by atoms with van der Waals surface area (Å²) in [4.78, 5) is 11.4. The van der Waals surface area contributed by atoms with E-state index in [4.69, 9.17) is 9.47 Å². The van der Waals surface area contributed by atoms with Crippen molar-refractivity contribution in [3.05, 3.63) is 23.8 Å². The van der Waals surface area contributed by atoms with Crippen LogP contribution in [0.15, 0.2) is 18.2 Å². The van der Waals surface area contributed by atoms with Crippen LogP contribution in [0.2, 0.25) is 0 Å². The van der Waals surface area contributed by atoms with Gasteiger partial charge in [-0.1, -0.05) is 0 Å². The van der Waals surface area contributed by atoms with Crippen molar-refractivity contribution in [1.82, 2.24) is 0 Å². The van der Waals surface area contributed by atoms with E-state index in [9.17, 15) is 13.6 Å². The lowest BCUT2D eigenvalue weighted by Gasteiger charge is -2.17. The van der Waals surface area contributed by atoms with Crippen LogP contribution >= 0.6 is 0 Å². The molecule has 0 saturated carbocycles. The van der Waals surface area contributed by atoms with Crippen LogP contribution in [-0.4, -0.2) is 39.5 Å². The number of alkyl halides is 2. The van der Waals surface area contributed by atoms with Gasteiger partial charge in [0, 0.05) is 7.11 Å². The summed E-state index contributed by atoms with van der Waals surface area (Å²) in [5.41, 5.74) is 0.175. The number of carbonyl (C=O) groups is 1. The molecule has 1 rings (SSSR count). The molecule has 5 nitrogen and oxygen atoms in total. The molecule has 0 aliphatic heterocycles. The van der Waals surface area contributed by atoms with Crippen molar-refractivity contribution < 1.29 is 32.5 Å². The molecule has 1 unspecified atom stereocenters. The van der Waals surface area contributed by atoms with Crippen molar-refractivity contribution in [1.29, 1.82) is 0 Å². The zero-order valence-corrected chi connectivity index (χ0v) is 11.4. The summed E-state index contributed by atoms with van der Waals surface area (Å²) < 4.78 is 43.9. The van der Waals surface area contributed by atoms with Gasteiger partial charge in [-0.3, -0.25) is 0 Å². The molecule has 0 N–H and O–H groups in total. The Bertz CT molecular complexity index is 450. The normalized spacial score (nSPS) is 12.1. The van der Waals surface area contributed by atoms with Gasteiger partial charge in [0.25, 0.3) is 0 Å². The zero-order chi connectivity index (χ0) is 15.1. The fraction of sp³-hybridized carbons (Fsp3) is 0.462. The van der Waals surface area contributed by atoms with Crippen molar-refractivity contribution in [3.63, 3.8) is 0 Å². The van der Waals surface area contributed by atoms with Crippen molar-refractivity contribution in [3.8, 4) is 11.5 Å². The maximum absolute atomic E-state index is 12.3. The summed E-state index contributed by atoms with van der Waals surface area (Å²) in [6.07, 6.45) is -0.395. The number of methoxy groups -OCH3 is 2. The second-order valence-corrected chi connectivity index (χ2v) is 3.92. The van der Waals surface area contributed by atoms with Crippen molar-refractivity contribution >= 4 is 5.97 Å². The van der Waals surface area contributed by atoms with E-state index in [2.05, 4.69) is 9.47 Å². The van der Waals surface area contributed by atoms with Crippen molar-refractivity contribution in [2.75, 3.05) is 20.8 Å². The van der Waals surface area contributed by atoms with E-state index in [1.165, 1.54) is 32.4 Å². The Morgan fingerprint density at radius 2 is 1.90 bits per heavy atom. The summed E-state index contributed by atoms with van der Waals surface area (Å²) in [6, 6.07) is 3.83. The van der Waals surface area contributed by atoms with E-state index in [1.54, 1.807) is 6.92 Å². The van der Waals surface area contributed by atoms with Gasteiger partial charge in [-0.25, -0.2) is 4.79 Å². The fourth-order valence-electron chi connectivity index (χ4n) is 1.52. The lowest BCUT2D eigenvalue weighted by atomic mass is 10.2. The number of halogens is 2. The van der Waals surface area contributed by atoms with Crippen molar-refractivity contribution in [2.24, 2.45) is 0 Å². The first kappa shape index (κ1) is 16.2. The minimum Gasteiger partial charge on any atom is -0.484 e. The smallest absolute Gasteiger partial charge is 0.387 e. The summed E-state index contributed by atoms with van der Waals surface area (Å²) in [5.74, 6) is -0.730. The molecule has 0 heterocycles. The highest BCUT2D eigenvalue weighted by Crippen LogP contribution is 2.31. The van der Waals surface area contributed by atoms with Gasteiger partial charge in [0.2, 0.25) is 0 Å². The lowest BCUT2D eigenvalue weighted by molar-refractivity contribution is -0.0524. The highest BCUT2D eigenvalue weighted by molar-refractivity contribution is 5.90. The van der Waals surface area contributed by atoms with Gasteiger partial charge >= 0.3 is 12.6 Å². The average molecular weight is 290 g/mol. The number of ether oxygens (including phenoxy) is 4. The Kier molecular flexibility index (Phi) is 6.17. The monoisotopic (exact) mass is 290 g/mol. The quantitative estimate of drug-likeness (QED) is 0.722. The molecule has 0 radical (unpaired) electrons. The van der Waals surface area contributed by atoms with Gasteiger partial charge in [-0.05, 0) is 25.1 Å². The Morgan fingerprint density at radius 3 is 2.45 bits per heavy atom. The standard InChI is InChI=1S/C13H16F2O5/c1-8(7-17-2)19-11-6-9(12(16)18-3)4-5-10(11)20-13(14)15/h4-6,8,13H,7H2,1-3H3. The molecule has 0 aliphatic rings. The van der Waals surface area contributed by atoms with Crippen LogP contribution in [0.3, 0.4) is 0 Å². The molecule has 0 aromatic heterocycles. The predicted molar refractivity (Wildman–Crippen MR) is 66.4 cm³/mol. The SMILES string of the molecule is COCC(C)Oc1cc(C(=O)OC)ccc1OC(F)F. The van der Waals surface area contributed by atoms with Crippen LogP contribution in [0.1, 0.15) is 17.3 Å². The van der Waals surface area contributed by atoms with E-state index in [0.29, 0.717) is 0 Å². The van der Waals surface area contributed by atoms with Crippen LogP contribution in [0.5, 0.6) is 11.5 Å². The first-order valence-electron chi connectivity index (χ1n) is 5.80. The molecule has 7 heteroatoms. The first-order valence-corrected chi connectivity index (χ1v) is 5.80. The lowest BCUT2D eigenvalue weighted by Crippen LogP contribution is -2.19. The molecule has 0 bridgehead atoms. The maximum Gasteiger partial charge on any atom is 0.387 e. The third kappa shape index (κ3) is 4.65. The molecule has 0 spiro atoms. The van der Waals surface area contributed by atoms with Crippen molar-refractivity contribution in [2.45, 2.75) is 19.6 Å². The van der Waals surface area contributed by atoms with Gasteiger partial charge in [0.1, 0.15) is 6.10 Å². The first-order chi connectivity index (χ1) is 9.47. The molecule has 0 saturated heterocycles. The van der Waals surface area contributed by atoms with Crippen LogP contribution < -0.4 is 9.47 Å². The van der Waals surface area contributed by atoms with E-state index < -0.39 is 18.7 Å². The van der Waals surface area contributed by atoms with E-state index in [1.807, 2.05) is 0 Å². The van der Waals surface area contributed by atoms with Gasteiger partial charge in [-0.2, -0.15) is 8.78 Å². The Morgan fingerprint density at radius 1 is 1.20 bits per heavy atom. The van der Waals surface area contributed by atoms with Crippen LogP contribution in [0.4, 0.5) is 8.78 Å². The molecule has 20 heavy (non-hydrogen) atoms. The second kappa shape index (κ2) is 7.64. The highest BCUT2D eigenvalue weighted by atomic mass is 19.3.